The fourth-order valence-electron chi connectivity index (χ4n) is 1.39. The van der Waals surface area contributed by atoms with E-state index in [1.807, 2.05) is 20.8 Å². The third kappa shape index (κ3) is 2.49. The summed E-state index contributed by atoms with van der Waals surface area (Å²) in [6.45, 7) is 6.09. The number of ether oxygens (including phenoxy) is 2. The summed E-state index contributed by atoms with van der Waals surface area (Å²) in [7, 11) is 0. The first-order valence-corrected chi connectivity index (χ1v) is 5.41. The molecule has 4 heteroatoms. The number of carbonyl (C=O) groups excluding carboxylic acids is 2. The molecule has 0 N–H and O–H groups in total. The van der Waals surface area contributed by atoms with Gasteiger partial charge in [0.05, 0.1) is 12.0 Å². The van der Waals surface area contributed by atoms with Crippen LogP contribution >= 0.6 is 0 Å². The quantitative estimate of drug-likeness (QED) is 0.668. The van der Waals surface area contributed by atoms with Crippen LogP contribution < -0.4 is 0 Å². The van der Waals surface area contributed by atoms with Crippen molar-refractivity contribution < 1.29 is 19.1 Å². The highest BCUT2D eigenvalue weighted by Gasteiger charge is 2.37. The normalized spacial score (nSPS) is 21.3. The maximum atomic E-state index is 11.8. The predicted molar refractivity (Wildman–Crippen MR) is 54.1 cm³/mol. The molecule has 1 aliphatic heterocycles. The second-order valence-corrected chi connectivity index (χ2v) is 4.12. The molecule has 0 saturated carbocycles. The van der Waals surface area contributed by atoms with E-state index in [4.69, 9.17) is 9.47 Å². The van der Waals surface area contributed by atoms with E-state index in [1.54, 1.807) is 0 Å². The molecule has 1 saturated heterocycles. The highest BCUT2D eigenvalue weighted by atomic mass is 16.6. The number of esters is 2. The fourth-order valence-corrected chi connectivity index (χ4v) is 1.39. The van der Waals surface area contributed by atoms with Crippen molar-refractivity contribution in [2.45, 2.75) is 46.1 Å². The zero-order chi connectivity index (χ0) is 11.5. The molecule has 1 atom stereocenters. The molecule has 15 heavy (non-hydrogen) atoms. The van der Waals surface area contributed by atoms with Gasteiger partial charge in [-0.3, -0.25) is 4.79 Å². The van der Waals surface area contributed by atoms with Gasteiger partial charge in [0.15, 0.2) is 0 Å². The highest BCUT2D eigenvalue weighted by Crippen LogP contribution is 2.28. The summed E-state index contributed by atoms with van der Waals surface area (Å²) in [5, 5.41) is 0. The average Bonchev–Trinajstić information content (AvgIpc) is 2.63. The van der Waals surface area contributed by atoms with Crippen LogP contribution in [0, 0.1) is 5.41 Å². The number of carbonyl (C=O) groups is 2. The van der Waals surface area contributed by atoms with Gasteiger partial charge in [-0.15, -0.1) is 0 Å². The van der Waals surface area contributed by atoms with Gasteiger partial charge in [0.2, 0.25) is 6.10 Å². The fraction of sp³-hybridized carbons (Fsp3) is 0.818. The van der Waals surface area contributed by atoms with Crippen molar-refractivity contribution >= 4 is 11.9 Å². The van der Waals surface area contributed by atoms with E-state index >= 15 is 0 Å². The summed E-state index contributed by atoms with van der Waals surface area (Å²) >= 11 is 0. The molecule has 1 aliphatic rings. The Balaban J connectivity index is 2.58. The van der Waals surface area contributed by atoms with Crippen LogP contribution in [0.2, 0.25) is 0 Å². The smallest absolute Gasteiger partial charge is 0.347 e. The topological polar surface area (TPSA) is 52.6 Å². The maximum absolute atomic E-state index is 11.8. The number of hydrogen-bond donors (Lipinski definition) is 0. The average molecular weight is 214 g/mol. The molecule has 0 aliphatic carbocycles. The van der Waals surface area contributed by atoms with Crippen LogP contribution in [-0.4, -0.2) is 24.6 Å². The number of cyclic esters (lactones) is 1. The van der Waals surface area contributed by atoms with Gasteiger partial charge in [0, 0.05) is 6.42 Å². The standard InChI is InChI=1S/C11H18O4/c1-4-11(3,5-2)10(13)15-8-6-7-14-9(8)12/h8H,4-7H2,1-3H3. The molecule has 0 spiro atoms. The molecule has 0 amide bonds. The molecule has 0 bridgehead atoms. The Labute approximate surface area is 89.9 Å². The molecular formula is C11H18O4. The third-order valence-electron chi connectivity index (χ3n) is 3.19. The minimum absolute atomic E-state index is 0.295. The van der Waals surface area contributed by atoms with Gasteiger partial charge in [-0.2, -0.15) is 0 Å². The lowest BCUT2D eigenvalue weighted by atomic mass is 9.85. The molecule has 1 unspecified atom stereocenters. The van der Waals surface area contributed by atoms with Crippen molar-refractivity contribution in [1.82, 2.24) is 0 Å². The van der Waals surface area contributed by atoms with Crippen molar-refractivity contribution in [3.8, 4) is 0 Å². The Morgan fingerprint density at radius 2 is 2.13 bits per heavy atom. The van der Waals surface area contributed by atoms with Gasteiger partial charge < -0.3 is 9.47 Å². The molecule has 0 aromatic rings. The van der Waals surface area contributed by atoms with Crippen LogP contribution in [0.1, 0.15) is 40.0 Å². The lowest BCUT2D eigenvalue weighted by molar-refractivity contribution is -0.168. The Bertz CT molecular complexity index is 255. The lowest BCUT2D eigenvalue weighted by Gasteiger charge is -2.25. The zero-order valence-corrected chi connectivity index (χ0v) is 9.54. The number of rotatable bonds is 4. The predicted octanol–water partition coefficient (Wildman–Crippen LogP) is 1.67. The van der Waals surface area contributed by atoms with E-state index in [-0.39, 0.29) is 5.97 Å². The van der Waals surface area contributed by atoms with Crippen LogP contribution in [0.25, 0.3) is 0 Å². The van der Waals surface area contributed by atoms with E-state index < -0.39 is 17.5 Å². The second kappa shape index (κ2) is 4.64. The van der Waals surface area contributed by atoms with Crippen molar-refractivity contribution in [2.75, 3.05) is 6.61 Å². The van der Waals surface area contributed by atoms with Crippen LogP contribution in [0.3, 0.4) is 0 Å². The molecule has 1 heterocycles. The van der Waals surface area contributed by atoms with Gasteiger partial charge in [-0.1, -0.05) is 13.8 Å². The molecular weight excluding hydrogens is 196 g/mol. The minimum Gasteiger partial charge on any atom is -0.463 e. The van der Waals surface area contributed by atoms with Crippen molar-refractivity contribution in [2.24, 2.45) is 5.41 Å². The van der Waals surface area contributed by atoms with E-state index in [9.17, 15) is 9.59 Å². The summed E-state index contributed by atoms with van der Waals surface area (Å²) in [4.78, 5) is 22.9. The molecule has 0 radical (unpaired) electrons. The molecule has 4 nitrogen and oxygen atoms in total. The van der Waals surface area contributed by atoms with E-state index in [2.05, 4.69) is 0 Å². The van der Waals surface area contributed by atoms with Crippen LogP contribution in [0.15, 0.2) is 0 Å². The summed E-state index contributed by atoms with van der Waals surface area (Å²) in [6, 6.07) is 0. The summed E-state index contributed by atoms with van der Waals surface area (Å²) in [5.74, 6) is -0.714. The third-order valence-corrected chi connectivity index (χ3v) is 3.19. The van der Waals surface area contributed by atoms with Crippen molar-refractivity contribution in [3.05, 3.63) is 0 Å². The first-order valence-electron chi connectivity index (χ1n) is 5.41. The van der Waals surface area contributed by atoms with E-state index in [1.165, 1.54) is 0 Å². The molecule has 1 rings (SSSR count). The number of hydrogen-bond acceptors (Lipinski definition) is 4. The van der Waals surface area contributed by atoms with Gasteiger partial charge in [0.25, 0.3) is 0 Å². The summed E-state index contributed by atoms with van der Waals surface area (Å²) < 4.78 is 9.89. The highest BCUT2D eigenvalue weighted by molar-refractivity contribution is 5.82. The van der Waals surface area contributed by atoms with E-state index in [0.29, 0.717) is 25.9 Å². The Hall–Kier alpha value is -1.06. The van der Waals surface area contributed by atoms with Crippen molar-refractivity contribution in [1.29, 1.82) is 0 Å². The summed E-state index contributed by atoms with van der Waals surface area (Å²) in [5.41, 5.74) is -0.483. The van der Waals surface area contributed by atoms with Gasteiger partial charge in [-0.05, 0) is 19.8 Å². The van der Waals surface area contributed by atoms with Gasteiger partial charge in [0.1, 0.15) is 0 Å². The Morgan fingerprint density at radius 3 is 2.53 bits per heavy atom. The lowest BCUT2D eigenvalue weighted by Crippen LogP contribution is -2.33. The molecule has 1 fully saturated rings. The molecule has 0 aromatic carbocycles. The SMILES string of the molecule is CCC(C)(CC)C(=O)OC1CCOC1=O. The first-order chi connectivity index (χ1) is 7.03. The van der Waals surface area contributed by atoms with Crippen molar-refractivity contribution in [3.63, 3.8) is 0 Å². The molecule has 0 aromatic heterocycles. The van der Waals surface area contributed by atoms with Crippen LogP contribution in [0.4, 0.5) is 0 Å². The first kappa shape index (κ1) is 12.0. The van der Waals surface area contributed by atoms with Gasteiger partial charge in [-0.25, -0.2) is 4.79 Å². The monoisotopic (exact) mass is 214 g/mol. The van der Waals surface area contributed by atoms with Gasteiger partial charge >= 0.3 is 11.9 Å². The van der Waals surface area contributed by atoms with E-state index in [0.717, 1.165) is 0 Å². The minimum atomic E-state index is -0.685. The van der Waals surface area contributed by atoms with Crippen LogP contribution in [0.5, 0.6) is 0 Å². The van der Waals surface area contributed by atoms with Crippen LogP contribution in [-0.2, 0) is 19.1 Å². The largest absolute Gasteiger partial charge is 0.463 e. The zero-order valence-electron chi connectivity index (χ0n) is 9.54. The maximum Gasteiger partial charge on any atom is 0.347 e. The Kier molecular flexibility index (Phi) is 3.72. The second-order valence-electron chi connectivity index (χ2n) is 4.12. The molecule has 86 valence electrons. The summed E-state index contributed by atoms with van der Waals surface area (Å²) in [6.07, 6.45) is 1.22. The Morgan fingerprint density at radius 1 is 1.53 bits per heavy atom.